The monoisotopic (exact) mass is 364 g/mol. The van der Waals surface area contributed by atoms with Crippen LogP contribution in [0.2, 0.25) is 0 Å². The number of rotatable bonds is 3. The van der Waals surface area contributed by atoms with Crippen molar-refractivity contribution in [3.05, 3.63) is 66.0 Å². The molecule has 7 heteroatoms. The van der Waals surface area contributed by atoms with Crippen LogP contribution < -0.4 is 0 Å². The predicted octanol–water partition coefficient (Wildman–Crippen LogP) is 1.58. The molecule has 3 aromatic rings. The molecule has 7 nitrogen and oxygen atoms in total. The topological polar surface area (TPSA) is 89.5 Å². The van der Waals surface area contributed by atoms with Gasteiger partial charge in [0.15, 0.2) is 6.10 Å². The van der Waals surface area contributed by atoms with Gasteiger partial charge in [0, 0.05) is 31.7 Å². The van der Waals surface area contributed by atoms with E-state index in [1.54, 1.807) is 52.5 Å². The third-order valence-electron chi connectivity index (χ3n) is 4.89. The van der Waals surface area contributed by atoms with Crippen molar-refractivity contribution in [2.75, 3.05) is 26.2 Å². The second-order valence-corrected chi connectivity index (χ2v) is 6.57. The molecule has 4 rings (SSSR count). The number of imidazole rings is 1. The molecule has 0 bridgehead atoms. The quantitative estimate of drug-likeness (QED) is 0.738. The third-order valence-corrected chi connectivity index (χ3v) is 4.89. The Hall–Kier alpha value is -3.19. The second-order valence-electron chi connectivity index (χ2n) is 6.57. The zero-order valence-electron chi connectivity index (χ0n) is 14.7. The molecule has 2 amide bonds. The lowest BCUT2D eigenvalue weighted by Crippen LogP contribution is -2.51. The zero-order valence-corrected chi connectivity index (χ0v) is 14.7. The summed E-state index contributed by atoms with van der Waals surface area (Å²) in [6.07, 6.45) is 0.428. The Labute approximate surface area is 156 Å². The molecule has 1 fully saturated rings. The Morgan fingerprint density at radius 3 is 2.44 bits per heavy atom. The third kappa shape index (κ3) is 3.41. The summed E-state index contributed by atoms with van der Waals surface area (Å²) in [6, 6.07) is 14.3. The number of aromatic nitrogens is 2. The fourth-order valence-electron chi connectivity index (χ4n) is 3.33. The first-order valence-electron chi connectivity index (χ1n) is 8.88. The Morgan fingerprint density at radius 1 is 1.00 bits per heavy atom. The number of aliphatic hydroxyl groups is 1. The van der Waals surface area contributed by atoms with Crippen molar-refractivity contribution in [2.45, 2.75) is 6.10 Å². The number of hydrogen-bond acceptors (Lipinski definition) is 4. The van der Waals surface area contributed by atoms with Crippen LogP contribution in [0.5, 0.6) is 0 Å². The Kier molecular flexibility index (Phi) is 4.60. The normalized spacial score (nSPS) is 15.7. The summed E-state index contributed by atoms with van der Waals surface area (Å²) < 4.78 is 0. The molecule has 1 aliphatic rings. The van der Waals surface area contributed by atoms with E-state index in [4.69, 9.17) is 0 Å². The molecule has 1 aliphatic heterocycles. The zero-order chi connectivity index (χ0) is 18.8. The van der Waals surface area contributed by atoms with Crippen molar-refractivity contribution in [2.24, 2.45) is 0 Å². The molecule has 0 spiro atoms. The number of aromatic amines is 1. The summed E-state index contributed by atoms with van der Waals surface area (Å²) >= 11 is 0. The molecule has 2 aromatic carbocycles. The van der Waals surface area contributed by atoms with Gasteiger partial charge < -0.3 is 19.9 Å². The lowest BCUT2D eigenvalue weighted by atomic mass is 10.1. The highest BCUT2D eigenvalue weighted by molar-refractivity contribution is 5.97. The Balaban J connectivity index is 1.39. The maximum atomic E-state index is 12.7. The minimum Gasteiger partial charge on any atom is -0.378 e. The van der Waals surface area contributed by atoms with Gasteiger partial charge in [0.25, 0.3) is 11.8 Å². The first-order valence-corrected chi connectivity index (χ1v) is 8.88. The van der Waals surface area contributed by atoms with Crippen molar-refractivity contribution < 1.29 is 14.7 Å². The van der Waals surface area contributed by atoms with Crippen molar-refractivity contribution in [3.63, 3.8) is 0 Å². The molecule has 1 saturated heterocycles. The lowest BCUT2D eigenvalue weighted by Gasteiger charge is -2.35. The van der Waals surface area contributed by atoms with Gasteiger partial charge >= 0.3 is 0 Å². The molecule has 2 heterocycles. The Bertz CT molecular complexity index is 962. The van der Waals surface area contributed by atoms with Crippen LogP contribution >= 0.6 is 0 Å². The number of carbonyl (C=O) groups is 2. The average Bonchev–Trinajstić information content (AvgIpc) is 3.21. The van der Waals surface area contributed by atoms with Gasteiger partial charge in [-0.25, -0.2) is 4.98 Å². The SMILES string of the molecule is O=C(c1ccc2nc[nH]c2c1)N1CCN(C(=O)C(O)c2ccccc2)CC1. The van der Waals surface area contributed by atoms with E-state index in [1.165, 1.54) is 0 Å². The van der Waals surface area contributed by atoms with Crippen LogP contribution in [0.1, 0.15) is 22.0 Å². The number of H-pyrrole nitrogens is 1. The molecule has 0 radical (unpaired) electrons. The first-order chi connectivity index (χ1) is 13.1. The van der Waals surface area contributed by atoms with Gasteiger partial charge in [0.1, 0.15) is 0 Å². The van der Waals surface area contributed by atoms with Gasteiger partial charge in [-0.3, -0.25) is 9.59 Å². The smallest absolute Gasteiger partial charge is 0.256 e. The molecule has 138 valence electrons. The lowest BCUT2D eigenvalue weighted by molar-refractivity contribution is -0.142. The minimum absolute atomic E-state index is 0.0674. The number of carbonyl (C=O) groups excluding carboxylic acids is 2. The predicted molar refractivity (Wildman–Crippen MR) is 100.0 cm³/mol. The molecule has 1 unspecified atom stereocenters. The molecule has 1 atom stereocenters. The van der Waals surface area contributed by atoms with E-state index in [-0.39, 0.29) is 11.8 Å². The molecular weight excluding hydrogens is 344 g/mol. The maximum Gasteiger partial charge on any atom is 0.256 e. The second kappa shape index (κ2) is 7.20. The summed E-state index contributed by atoms with van der Waals surface area (Å²) in [5, 5.41) is 10.3. The summed E-state index contributed by atoms with van der Waals surface area (Å²) in [7, 11) is 0. The number of amides is 2. The number of hydrogen-bond donors (Lipinski definition) is 2. The van der Waals surface area contributed by atoms with Crippen LogP contribution in [-0.4, -0.2) is 62.9 Å². The van der Waals surface area contributed by atoms with Crippen LogP contribution in [0.15, 0.2) is 54.9 Å². The molecule has 1 aromatic heterocycles. The van der Waals surface area contributed by atoms with Gasteiger partial charge in [-0.1, -0.05) is 30.3 Å². The number of nitrogens with one attached hydrogen (secondary N) is 1. The van der Waals surface area contributed by atoms with Crippen molar-refractivity contribution in [3.8, 4) is 0 Å². The Morgan fingerprint density at radius 2 is 1.70 bits per heavy atom. The van der Waals surface area contributed by atoms with E-state index in [1.807, 2.05) is 12.1 Å². The summed E-state index contributed by atoms with van der Waals surface area (Å²) in [5.41, 5.74) is 2.81. The number of benzene rings is 2. The number of aliphatic hydroxyl groups excluding tert-OH is 1. The van der Waals surface area contributed by atoms with E-state index in [2.05, 4.69) is 9.97 Å². The van der Waals surface area contributed by atoms with Crippen LogP contribution in [0, 0.1) is 0 Å². The van der Waals surface area contributed by atoms with Gasteiger partial charge in [0.2, 0.25) is 0 Å². The fourth-order valence-corrected chi connectivity index (χ4v) is 3.33. The molecular formula is C20H20N4O3. The summed E-state index contributed by atoms with van der Waals surface area (Å²) in [4.78, 5) is 35.8. The highest BCUT2D eigenvalue weighted by Gasteiger charge is 2.29. The minimum atomic E-state index is -1.17. The van der Waals surface area contributed by atoms with E-state index in [9.17, 15) is 14.7 Å². The van der Waals surface area contributed by atoms with Gasteiger partial charge in [-0.15, -0.1) is 0 Å². The summed E-state index contributed by atoms with van der Waals surface area (Å²) in [5.74, 6) is -0.394. The molecule has 0 saturated carbocycles. The standard InChI is InChI=1S/C20H20N4O3/c25-18(14-4-2-1-3-5-14)20(27)24-10-8-23(9-11-24)19(26)15-6-7-16-17(12-15)22-13-21-16/h1-7,12-13,18,25H,8-11H2,(H,21,22). The average molecular weight is 364 g/mol. The largest absolute Gasteiger partial charge is 0.378 e. The van der Waals surface area contributed by atoms with Gasteiger partial charge in [-0.2, -0.15) is 0 Å². The van der Waals surface area contributed by atoms with Crippen molar-refractivity contribution >= 4 is 22.8 Å². The van der Waals surface area contributed by atoms with Crippen molar-refractivity contribution in [1.29, 1.82) is 0 Å². The van der Waals surface area contributed by atoms with Crippen LogP contribution in [0.4, 0.5) is 0 Å². The molecule has 27 heavy (non-hydrogen) atoms. The van der Waals surface area contributed by atoms with E-state index in [0.717, 1.165) is 11.0 Å². The van der Waals surface area contributed by atoms with Crippen LogP contribution in [0.25, 0.3) is 11.0 Å². The summed E-state index contributed by atoms with van der Waals surface area (Å²) in [6.45, 7) is 1.68. The number of piperazine rings is 1. The van der Waals surface area contributed by atoms with Crippen LogP contribution in [-0.2, 0) is 4.79 Å². The highest BCUT2D eigenvalue weighted by Crippen LogP contribution is 2.18. The van der Waals surface area contributed by atoms with E-state index < -0.39 is 6.10 Å². The first kappa shape index (κ1) is 17.2. The maximum absolute atomic E-state index is 12.7. The highest BCUT2D eigenvalue weighted by atomic mass is 16.3. The fraction of sp³-hybridized carbons (Fsp3) is 0.250. The molecule has 0 aliphatic carbocycles. The van der Waals surface area contributed by atoms with Crippen LogP contribution in [0.3, 0.4) is 0 Å². The van der Waals surface area contributed by atoms with Crippen molar-refractivity contribution in [1.82, 2.24) is 19.8 Å². The van der Waals surface area contributed by atoms with E-state index >= 15 is 0 Å². The molecule has 2 N–H and O–H groups in total. The van der Waals surface area contributed by atoms with E-state index in [0.29, 0.717) is 37.3 Å². The van der Waals surface area contributed by atoms with Gasteiger partial charge in [-0.05, 0) is 23.8 Å². The number of fused-ring (bicyclic) bond motifs is 1. The van der Waals surface area contributed by atoms with Gasteiger partial charge in [0.05, 0.1) is 17.4 Å². The number of nitrogens with zero attached hydrogens (tertiary/aromatic N) is 3.